The number of hydrogen-bond donors (Lipinski definition) is 0. The summed E-state index contributed by atoms with van der Waals surface area (Å²) in [5, 5.41) is 2.22. The number of aromatic nitrogens is 6. The number of fused-ring (bicyclic) bond motifs is 7. The second-order valence-electron chi connectivity index (χ2n) is 37.2. The maximum Gasteiger partial charge on any atom is 0.252 e. The summed E-state index contributed by atoms with van der Waals surface area (Å²) < 4.78 is 2.42. The topological polar surface area (TPSA) is 75.9 Å². The van der Waals surface area contributed by atoms with Crippen molar-refractivity contribution >= 4 is 79.0 Å². The first kappa shape index (κ1) is 73.0. The Hall–Kier alpha value is -11.8. The molecule has 112 heavy (non-hydrogen) atoms. The molecule has 15 aromatic rings. The van der Waals surface area contributed by atoms with Crippen molar-refractivity contribution in [2.75, 3.05) is 9.80 Å². The van der Waals surface area contributed by atoms with Crippen LogP contribution in [0.1, 0.15) is 158 Å². The maximum atomic E-state index is 5.51. The minimum atomic E-state index is -0.148. The molecular formula is C103H99BN8. The molecule has 0 bridgehead atoms. The predicted molar refractivity (Wildman–Crippen MR) is 474 cm³/mol. The normalized spacial score (nSPS) is 13.2. The van der Waals surface area contributed by atoms with E-state index in [4.69, 9.17) is 24.9 Å². The second-order valence-corrected chi connectivity index (χ2v) is 37.2. The van der Waals surface area contributed by atoms with Gasteiger partial charge in [-0.2, -0.15) is 0 Å². The highest BCUT2D eigenvalue weighted by Crippen LogP contribution is 2.51. The smallest absolute Gasteiger partial charge is 0.252 e. The average molecular weight is 1460 g/mol. The molecule has 9 heteroatoms. The van der Waals surface area contributed by atoms with Crippen LogP contribution in [0, 0.1) is 0 Å². The molecule has 0 saturated carbocycles. The first-order valence-electron chi connectivity index (χ1n) is 39.7. The van der Waals surface area contributed by atoms with Crippen molar-refractivity contribution in [3.8, 4) is 84.9 Å². The van der Waals surface area contributed by atoms with Crippen molar-refractivity contribution in [2.45, 2.75) is 157 Å². The van der Waals surface area contributed by atoms with Gasteiger partial charge in [-0.05, 0) is 184 Å². The highest BCUT2D eigenvalue weighted by atomic mass is 15.2. The largest absolute Gasteiger partial charge is 0.311 e. The van der Waals surface area contributed by atoms with Crippen LogP contribution in [0.15, 0.2) is 273 Å². The lowest BCUT2D eigenvalue weighted by Crippen LogP contribution is -2.61. The van der Waals surface area contributed by atoms with Crippen LogP contribution in [0.2, 0.25) is 0 Å². The lowest BCUT2D eigenvalue weighted by Gasteiger charge is -2.46. The van der Waals surface area contributed by atoms with Crippen LogP contribution >= 0.6 is 0 Å². The van der Waals surface area contributed by atoms with Crippen LogP contribution < -0.4 is 26.2 Å². The molecule has 2 aliphatic heterocycles. The molecule has 3 aromatic heterocycles. The van der Waals surface area contributed by atoms with E-state index in [0.29, 0.717) is 23.3 Å². The third kappa shape index (κ3) is 13.4. The molecule has 17 rings (SSSR count). The zero-order valence-electron chi connectivity index (χ0n) is 68.1. The van der Waals surface area contributed by atoms with E-state index in [2.05, 4.69) is 363 Å². The quantitative estimate of drug-likeness (QED) is 0.126. The van der Waals surface area contributed by atoms with Crippen molar-refractivity contribution < 1.29 is 0 Å². The fraction of sp³-hybridized carbons (Fsp3) is 0.233. The Morgan fingerprint density at radius 3 is 1.05 bits per heavy atom. The van der Waals surface area contributed by atoms with Gasteiger partial charge in [0.05, 0.1) is 28.1 Å². The molecule has 554 valence electrons. The maximum absolute atomic E-state index is 5.51. The van der Waals surface area contributed by atoms with E-state index >= 15 is 0 Å². The fourth-order valence-electron chi connectivity index (χ4n) is 16.4. The van der Waals surface area contributed by atoms with Gasteiger partial charge < -0.3 is 14.4 Å². The molecule has 0 atom stereocenters. The van der Waals surface area contributed by atoms with E-state index in [1.165, 1.54) is 72.5 Å². The average Bonchev–Trinajstić information content (AvgIpc) is 0.798. The van der Waals surface area contributed by atoms with Crippen LogP contribution in [0.25, 0.3) is 107 Å². The highest BCUT2D eigenvalue weighted by molar-refractivity contribution is 7.00. The highest BCUT2D eigenvalue weighted by Gasteiger charge is 2.46. The Balaban J connectivity index is 0.952. The number of rotatable bonds is 10. The van der Waals surface area contributed by atoms with Crippen LogP contribution in [0.3, 0.4) is 0 Å². The van der Waals surface area contributed by atoms with Gasteiger partial charge in [-0.15, -0.1) is 0 Å². The fourth-order valence-corrected chi connectivity index (χ4v) is 16.4. The number of anilines is 6. The lowest BCUT2D eigenvalue weighted by molar-refractivity contribution is 0.568. The monoisotopic (exact) mass is 1460 g/mol. The molecule has 2 aliphatic rings. The van der Waals surface area contributed by atoms with Crippen molar-refractivity contribution in [3.63, 3.8) is 0 Å². The number of nitrogens with zero attached hydrogens (tertiary/aromatic N) is 8. The second kappa shape index (κ2) is 27.0. The van der Waals surface area contributed by atoms with Crippen molar-refractivity contribution in [2.24, 2.45) is 0 Å². The summed E-state index contributed by atoms with van der Waals surface area (Å²) in [7, 11) is 0. The Morgan fingerprint density at radius 2 is 0.616 bits per heavy atom. The zero-order chi connectivity index (χ0) is 78.3. The molecule has 12 aromatic carbocycles. The van der Waals surface area contributed by atoms with Crippen LogP contribution in [-0.2, 0) is 32.5 Å². The Morgan fingerprint density at radius 1 is 0.241 bits per heavy atom. The van der Waals surface area contributed by atoms with E-state index in [9.17, 15) is 0 Å². The lowest BCUT2D eigenvalue weighted by atomic mass is 9.33. The molecule has 0 unspecified atom stereocenters. The van der Waals surface area contributed by atoms with Gasteiger partial charge in [0.15, 0.2) is 23.3 Å². The molecule has 0 radical (unpaired) electrons. The van der Waals surface area contributed by atoms with Gasteiger partial charge in [-0.3, -0.25) is 0 Å². The summed E-state index contributed by atoms with van der Waals surface area (Å²) in [6.45, 7) is 42.3. The molecule has 0 spiro atoms. The molecule has 0 N–H and O–H groups in total. The summed E-state index contributed by atoms with van der Waals surface area (Å²) in [5.74, 6) is 2.23. The Kier molecular flexibility index (Phi) is 17.6. The van der Waals surface area contributed by atoms with E-state index in [1.807, 2.05) is 48.5 Å². The summed E-state index contributed by atoms with van der Waals surface area (Å²) in [6.07, 6.45) is 0. The summed E-state index contributed by atoms with van der Waals surface area (Å²) in [6, 6.07) is 101. The summed E-state index contributed by atoms with van der Waals surface area (Å²) in [4.78, 5) is 32.4. The SMILES string of the molecule is CC(C)(C)c1cc(N2c3ccc(C(C)(C)C)cc3B3c4cc(C(C)(C)C)ccc4N(c4cc(C(C)(C)C)cc(C(C)(C)C)c4)c4cc(-c5ccc6c(c5)c5ccccc5n6-c5ccc(-c6nc(-c7ccccc7)cc(-c7ccccc7)n6)cc5-c5nc(-c6ccccc6)nc(-c6ccccc6)n5)cc2c43)cc(C(C)(C)C)c1. The number of benzene rings is 12. The first-order valence-corrected chi connectivity index (χ1v) is 39.7. The minimum Gasteiger partial charge on any atom is -0.311 e. The summed E-state index contributed by atoms with van der Waals surface area (Å²) >= 11 is 0. The van der Waals surface area contributed by atoms with Gasteiger partial charge in [-0.25, -0.2) is 24.9 Å². The van der Waals surface area contributed by atoms with Gasteiger partial charge in [-0.1, -0.05) is 307 Å². The molecule has 0 amide bonds. The molecule has 0 saturated heterocycles. The molecule has 0 fully saturated rings. The van der Waals surface area contributed by atoms with Gasteiger partial charge in [0, 0.05) is 78.3 Å². The molecule has 0 aliphatic carbocycles. The minimum absolute atomic E-state index is 0.120. The summed E-state index contributed by atoms with van der Waals surface area (Å²) in [5.41, 5.74) is 30.2. The van der Waals surface area contributed by atoms with Gasteiger partial charge >= 0.3 is 0 Å². The standard InChI is InChI=1S/C103H99BN8/c1-98(2,3)71-45-49-89-82(61-71)104-83-62-72(99(4,5)6)46-50-90(83)111(78-59-75(102(13,14)15)56-76(60-78)103(16,17)18)92-54-70(53-91(93(92)104)110(89)77-57-73(100(7,8)9)55-74(58-77)101(10,11)12)68-43-47-87-80(51-68)79-41-31-32-42-86(79)112(87)88-48-44-69(96-105-84(64-33-23-19-24-34-64)63-85(106-96)65-35-25-20-26-36-65)52-81(88)97-108-94(66-37-27-21-28-38-66)107-95(109-97)67-39-29-22-30-40-67/h19-63H,1-18H3. The van der Waals surface area contributed by atoms with Crippen molar-refractivity contribution in [1.82, 2.24) is 29.5 Å². The molecule has 5 heterocycles. The van der Waals surface area contributed by atoms with E-state index in [0.717, 1.165) is 94.8 Å². The van der Waals surface area contributed by atoms with Crippen molar-refractivity contribution in [3.05, 3.63) is 306 Å². The van der Waals surface area contributed by atoms with E-state index in [-0.39, 0.29) is 39.2 Å². The van der Waals surface area contributed by atoms with Gasteiger partial charge in [0.25, 0.3) is 6.71 Å². The zero-order valence-corrected chi connectivity index (χ0v) is 68.1. The third-order valence-corrected chi connectivity index (χ3v) is 22.9. The Labute approximate surface area is 662 Å². The third-order valence-electron chi connectivity index (χ3n) is 22.9. The van der Waals surface area contributed by atoms with Crippen LogP contribution in [0.4, 0.5) is 34.1 Å². The Bertz CT molecular complexity index is 5850. The predicted octanol–water partition coefficient (Wildman–Crippen LogP) is 25.3. The molecular weight excluding hydrogens is 1360 g/mol. The van der Waals surface area contributed by atoms with Crippen LogP contribution in [-0.4, -0.2) is 36.2 Å². The number of hydrogen-bond acceptors (Lipinski definition) is 7. The van der Waals surface area contributed by atoms with Gasteiger partial charge in [0.1, 0.15) is 0 Å². The van der Waals surface area contributed by atoms with E-state index in [1.54, 1.807) is 0 Å². The van der Waals surface area contributed by atoms with Crippen LogP contribution in [0.5, 0.6) is 0 Å². The van der Waals surface area contributed by atoms with E-state index < -0.39 is 0 Å². The first-order chi connectivity index (χ1) is 53.3. The van der Waals surface area contributed by atoms with Gasteiger partial charge in [0.2, 0.25) is 0 Å². The van der Waals surface area contributed by atoms with Crippen molar-refractivity contribution in [1.29, 1.82) is 0 Å². The molecule has 8 nitrogen and oxygen atoms in total. The number of para-hydroxylation sites is 1.